The molecule has 0 N–H and O–H groups in total. The fourth-order valence-corrected chi connectivity index (χ4v) is 8.63. The van der Waals surface area contributed by atoms with Crippen LogP contribution >= 0.6 is 0 Å². The summed E-state index contributed by atoms with van der Waals surface area (Å²) in [5, 5.41) is 14.1. The summed E-state index contributed by atoms with van der Waals surface area (Å²) in [5.41, 5.74) is 12.5. The van der Waals surface area contributed by atoms with Crippen LogP contribution < -0.4 is 0 Å². The number of aryl methyl sites for hydroxylation is 3. The Bertz CT molecular complexity index is 3600. The second kappa shape index (κ2) is 14.2. The summed E-state index contributed by atoms with van der Waals surface area (Å²) in [6.07, 6.45) is 0. The van der Waals surface area contributed by atoms with Gasteiger partial charge in [0.25, 0.3) is 0 Å². The Kier molecular flexibility index (Phi) is 8.48. The molecule has 7 aromatic carbocycles. The second-order valence-electron chi connectivity index (χ2n) is 15.0. The van der Waals surface area contributed by atoms with E-state index in [2.05, 4.69) is 127 Å². The number of para-hydroxylation sites is 2. The lowest BCUT2D eigenvalue weighted by molar-refractivity contribution is 0.926. The molecule has 0 saturated heterocycles. The predicted molar refractivity (Wildman–Crippen MR) is 243 cm³/mol. The van der Waals surface area contributed by atoms with E-state index in [0.29, 0.717) is 40.1 Å². The molecule has 284 valence electrons. The summed E-state index contributed by atoms with van der Waals surface area (Å²) in [6, 6.07) is 46.6. The number of hydrogen-bond acceptors (Lipinski definition) is 4. The van der Waals surface area contributed by atoms with E-state index in [1.54, 1.807) is 12.1 Å². The molecule has 0 aliphatic rings. The van der Waals surface area contributed by atoms with Gasteiger partial charge in [-0.1, -0.05) is 78.9 Å². The highest BCUT2D eigenvalue weighted by Crippen LogP contribution is 2.43. The van der Waals surface area contributed by atoms with Gasteiger partial charge in [0.2, 0.25) is 0 Å². The first-order valence-electron chi connectivity index (χ1n) is 19.5. The normalized spacial score (nSPS) is 11.1. The van der Waals surface area contributed by atoms with E-state index in [-0.39, 0.29) is 0 Å². The molecular formula is C52H31N9. The summed E-state index contributed by atoms with van der Waals surface area (Å²) < 4.78 is 4.60. The first-order valence-corrected chi connectivity index (χ1v) is 19.5. The van der Waals surface area contributed by atoms with Crippen LogP contribution in [0.5, 0.6) is 0 Å². The van der Waals surface area contributed by atoms with Crippen molar-refractivity contribution >= 4 is 60.7 Å². The standard InChI is InChI=1S/C52H31N9/c1-30-19-50(60-46-13-9-7-11-41(46)43-18-16-35(26-48(43)60)37-23-39(55-5)27-40(24-37)56-6)51(28-45(30)52-58-31(2)57-32(3)59-52)61-47-14-10-8-12-42(47)44-17-15-34(25-49(44)61)36-20-33(29-53)21-38(22-36)54-4/h7-28H,1-3H3. The van der Waals surface area contributed by atoms with E-state index in [1.807, 2.05) is 50.2 Å². The lowest BCUT2D eigenvalue weighted by Gasteiger charge is -2.20. The van der Waals surface area contributed by atoms with Gasteiger partial charge in [-0.05, 0) is 103 Å². The third-order valence-electron chi connectivity index (χ3n) is 11.3. The molecule has 0 saturated carbocycles. The fraction of sp³-hybridized carbons (Fsp3) is 0.0577. The summed E-state index contributed by atoms with van der Waals surface area (Å²) in [6.45, 7) is 29.0. The molecule has 0 aliphatic heterocycles. The minimum atomic E-state index is 0.403. The predicted octanol–water partition coefficient (Wildman–Crippen LogP) is 13.5. The zero-order chi connectivity index (χ0) is 41.9. The number of hydrogen-bond donors (Lipinski definition) is 0. The first-order chi connectivity index (χ1) is 29.7. The van der Waals surface area contributed by atoms with Crippen LogP contribution in [-0.4, -0.2) is 24.1 Å². The van der Waals surface area contributed by atoms with Crippen LogP contribution in [0.1, 0.15) is 22.8 Å². The molecule has 0 radical (unpaired) electrons. The number of benzene rings is 7. The molecule has 0 amide bonds. The zero-order valence-corrected chi connectivity index (χ0v) is 33.2. The van der Waals surface area contributed by atoms with Gasteiger partial charge in [-0.15, -0.1) is 0 Å². The maximum Gasteiger partial charge on any atom is 0.189 e. The Hall–Kier alpha value is -8.89. The summed E-state index contributed by atoms with van der Waals surface area (Å²) in [4.78, 5) is 25.2. The Morgan fingerprint density at radius 3 is 1.48 bits per heavy atom. The molecule has 0 bridgehead atoms. The Morgan fingerprint density at radius 1 is 0.475 bits per heavy atom. The van der Waals surface area contributed by atoms with Crippen molar-refractivity contribution in [3.63, 3.8) is 0 Å². The van der Waals surface area contributed by atoms with Gasteiger partial charge in [0.15, 0.2) is 22.9 Å². The van der Waals surface area contributed by atoms with Gasteiger partial charge in [-0.25, -0.2) is 29.5 Å². The number of fused-ring (bicyclic) bond motifs is 6. The minimum Gasteiger partial charge on any atom is -0.307 e. The molecule has 0 unspecified atom stereocenters. The first kappa shape index (κ1) is 36.5. The topological polar surface area (TPSA) is 85.4 Å². The molecule has 0 fully saturated rings. The van der Waals surface area contributed by atoms with Crippen molar-refractivity contribution in [1.29, 1.82) is 5.26 Å². The highest BCUT2D eigenvalue weighted by molar-refractivity contribution is 6.13. The van der Waals surface area contributed by atoms with E-state index in [0.717, 1.165) is 88.4 Å². The quantitative estimate of drug-likeness (QED) is 0.163. The average Bonchev–Trinajstić information content (AvgIpc) is 3.80. The van der Waals surface area contributed by atoms with Crippen LogP contribution in [0.3, 0.4) is 0 Å². The maximum absolute atomic E-state index is 9.87. The second-order valence-corrected chi connectivity index (χ2v) is 15.0. The summed E-state index contributed by atoms with van der Waals surface area (Å²) in [5.74, 6) is 1.84. The van der Waals surface area contributed by atoms with E-state index in [1.165, 1.54) is 0 Å². The maximum atomic E-state index is 9.87. The Labute approximate surface area is 351 Å². The van der Waals surface area contributed by atoms with Gasteiger partial charge in [-0.3, -0.25) is 0 Å². The van der Waals surface area contributed by atoms with Gasteiger partial charge >= 0.3 is 0 Å². The molecule has 0 aliphatic carbocycles. The number of aromatic nitrogens is 5. The molecule has 3 heterocycles. The van der Waals surface area contributed by atoms with E-state index in [4.69, 9.17) is 29.7 Å². The number of rotatable bonds is 5. The monoisotopic (exact) mass is 781 g/mol. The molecule has 0 atom stereocenters. The lowest BCUT2D eigenvalue weighted by Crippen LogP contribution is -2.07. The van der Waals surface area contributed by atoms with Crippen molar-refractivity contribution in [1.82, 2.24) is 24.1 Å². The molecule has 61 heavy (non-hydrogen) atoms. The number of nitriles is 1. The molecule has 10 aromatic rings. The molecule has 3 aromatic heterocycles. The van der Waals surface area contributed by atoms with Crippen LogP contribution in [0.15, 0.2) is 133 Å². The average molecular weight is 782 g/mol. The molecule has 9 nitrogen and oxygen atoms in total. The van der Waals surface area contributed by atoms with E-state index >= 15 is 0 Å². The van der Waals surface area contributed by atoms with Gasteiger partial charge in [-0.2, -0.15) is 5.26 Å². The molecule has 9 heteroatoms. The van der Waals surface area contributed by atoms with Crippen LogP contribution in [0.4, 0.5) is 17.1 Å². The molecule has 0 spiro atoms. The fourth-order valence-electron chi connectivity index (χ4n) is 8.63. The highest BCUT2D eigenvalue weighted by atomic mass is 15.1. The van der Waals surface area contributed by atoms with Crippen LogP contribution in [0, 0.1) is 51.8 Å². The van der Waals surface area contributed by atoms with E-state index < -0.39 is 0 Å². The largest absolute Gasteiger partial charge is 0.307 e. The van der Waals surface area contributed by atoms with Gasteiger partial charge in [0, 0.05) is 32.7 Å². The van der Waals surface area contributed by atoms with Gasteiger partial charge in [0.05, 0.1) is 59.2 Å². The van der Waals surface area contributed by atoms with Crippen molar-refractivity contribution in [2.75, 3.05) is 0 Å². The van der Waals surface area contributed by atoms with Crippen LogP contribution in [-0.2, 0) is 0 Å². The lowest BCUT2D eigenvalue weighted by atomic mass is 10.0. The van der Waals surface area contributed by atoms with Crippen molar-refractivity contribution in [3.05, 3.63) is 190 Å². The third-order valence-corrected chi connectivity index (χ3v) is 11.3. The highest BCUT2D eigenvalue weighted by Gasteiger charge is 2.23. The van der Waals surface area contributed by atoms with Gasteiger partial charge in [0.1, 0.15) is 11.6 Å². The number of nitrogens with zero attached hydrogens (tertiary/aromatic N) is 9. The van der Waals surface area contributed by atoms with Gasteiger partial charge < -0.3 is 9.13 Å². The zero-order valence-electron chi connectivity index (χ0n) is 33.2. The van der Waals surface area contributed by atoms with Crippen molar-refractivity contribution < 1.29 is 0 Å². The summed E-state index contributed by atoms with van der Waals surface area (Å²) >= 11 is 0. The SMILES string of the molecule is [C-]#[N+]c1cc(C#N)cc(-c2ccc3c4ccccc4n(-c4cc(-c5nc(C)nc(C)n5)c(C)cc4-n4c5ccccc5c5ccc(-c6cc([N+]#[C-])cc([N+]#[C-])c6)cc54)c3c2)c1. The van der Waals surface area contributed by atoms with Crippen LogP contribution in [0.25, 0.3) is 103 Å². The van der Waals surface area contributed by atoms with Crippen molar-refractivity contribution in [2.24, 2.45) is 0 Å². The summed E-state index contributed by atoms with van der Waals surface area (Å²) in [7, 11) is 0. The molecular weight excluding hydrogens is 751 g/mol. The Morgan fingerprint density at radius 2 is 0.951 bits per heavy atom. The van der Waals surface area contributed by atoms with E-state index in [9.17, 15) is 5.26 Å². The smallest absolute Gasteiger partial charge is 0.189 e. The molecule has 10 rings (SSSR count). The Balaban J connectivity index is 1.34. The van der Waals surface area contributed by atoms with Crippen molar-refractivity contribution in [3.8, 4) is 51.1 Å². The minimum absolute atomic E-state index is 0.403. The third kappa shape index (κ3) is 6.02. The van der Waals surface area contributed by atoms with Crippen LogP contribution in [0.2, 0.25) is 0 Å². The van der Waals surface area contributed by atoms with Crippen molar-refractivity contribution in [2.45, 2.75) is 20.8 Å².